The van der Waals surface area contributed by atoms with Crippen LogP contribution >= 0.6 is 0 Å². The van der Waals surface area contributed by atoms with Gasteiger partial charge in [-0.1, -0.05) is 54.1 Å². The van der Waals surface area contributed by atoms with E-state index < -0.39 is 0 Å². The lowest BCUT2D eigenvalue weighted by molar-refractivity contribution is -0.120. The van der Waals surface area contributed by atoms with Crippen LogP contribution in [0.15, 0.2) is 78.5 Å². The van der Waals surface area contributed by atoms with Gasteiger partial charge in [-0.25, -0.2) is 4.90 Å². The van der Waals surface area contributed by atoms with Crippen LogP contribution in [-0.4, -0.2) is 23.3 Å². The molecule has 156 valence electrons. The number of anilines is 1. The van der Waals surface area contributed by atoms with Crippen molar-refractivity contribution < 1.29 is 9.59 Å². The molecule has 0 aliphatic carbocycles. The number of hydrogen-bond acceptors (Lipinski definition) is 4. The van der Waals surface area contributed by atoms with E-state index in [9.17, 15) is 9.59 Å². The molecule has 0 N–H and O–H groups in total. The molecule has 0 unspecified atom stereocenters. The molecule has 2 aliphatic rings. The number of carbonyl (C=O) groups is 2. The van der Waals surface area contributed by atoms with Gasteiger partial charge in [-0.05, 0) is 54.3 Å². The molecule has 32 heavy (non-hydrogen) atoms. The molecular weight excluding hydrogens is 398 g/mol. The Bertz CT molecular complexity index is 1300. The van der Waals surface area contributed by atoms with E-state index in [0.29, 0.717) is 35.6 Å². The molecule has 3 aromatic carbocycles. The van der Waals surface area contributed by atoms with Crippen LogP contribution in [0.3, 0.4) is 0 Å². The fraction of sp³-hybridized carbons (Fsp3) is 0.148. The van der Waals surface area contributed by atoms with E-state index in [-0.39, 0.29) is 11.8 Å². The lowest BCUT2D eigenvalue weighted by atomic mass is 9.97. The molecule has 2 aliphatic heterocycles. The summed E-state index contributed by atoms with van der Waals surface area (Å²) in [5, 5.41) is 9.09. The van der Waals surface area contributed by atoms with Gasteiger partial charge in [0.2, 0.25) is 0 Å². The van der Waals surface area contributed by atoms with Crippen LogP contribution in [0.4, 0.5) is 5.69 Å². The lowest BCUT2D eigenvalue weighted by Crippen LogP contribution is -2.37. The van der Waals surface area contributed by atoms with E-state index in [1.165, 1.54) is 16.0 Å². The second kappa shape index (κ2) is 7.82. The van der Waals surface area contributed by atoms with Gasteiger partial charge in [0.05, 0.1) is 22.9 Å². The molecule has 0 spiro atoms. The zero-order valence-corrected chi connectivity index (χ0v) is 17.7. The number of amides is 2. The van der Waals surface area contributed by atoms with Crippen LogP contribution in [0.25, 0.3) is 5.57 Å². The maximum atomic E-state index is 13.7. The summed E-state index contributed by atoms with van der Waals surface area (Å²) in [4.78, 5) is 30.5. The van der Waals surface area contributed by atoms with Crippen molar-refractivity contribution in [2.24, 2.45) is 0 Å². The van der Waals surface area contributed by atoms with Crippen LogP contribution < -0.4 is 4.90 Å². The van der Waals surface area contributed by atoms with E-state index in [2.05, 4.69) is 18.2 Å². The molecule has 3 aromatic rings. The number of fused-ring (bicyclic) bond motifs is 1. The summed E-state index contributed by atoms with van der Waals surface area (Å²) in [7, 11) is 0. The monoisotopic (exact) mass is 419 g/mol. The Hall–Kier alpha value is -4.17. The lowest BCUT2D eigenvalue weighted by Gasteiger charge is -2.31. The van der Waals surface area contributed by atoms with Gasteiger partial charge >= 0.3 is 0 Å². The van der Waals surface area contributed by atoms with Crippen LogP contribution in [0.2, 0.25) is 0 Å². The van der Waals surface area contributed by atoms with E-state index in [1.807, 2.05) is 48.2 Å². The first-order valence-corrected chi connectivity index (χ1v) is 10.6. The Morgan fingerprint density at radius 1 is 0.844 bits per heavy atom. The average molecular weight is 419 g/mol. The third kappa shape index (κ3) is 3.27. The predicted molar refractivity (Wildman–Crippen MR) is 122 cm³/mol. The highest BCUT2D eigenvalue weighted by molar-refractivity contribution is 6.45. The quantitative estimate of drug-likeness (QED) is 0.597. The number of hydrogen-bond donors (Lipinski definition) is 0. The van der Waals surface area contributed by atoms with E-state index in [4.69, 9.17) is 5.26 Å². The number of aryl methyl sites for hydroxylation is 1. The number of imide groups is 1. The minimum atomic E-state index is -0.336. The summed E-state index contributed by atoms with van der Waals surface area (Å²) < 4.78 is 0. The summed E-state index contributed by atoms with van der Waals surface area (Å²) in [5.74, 6) is -0.660. The Kier molecular flexibility index (Phi) is 4.84. The molecular formula is C27H21N3O2. The second-order valence-electron chi connectivity index (χ2n) is 8.13. The van der Waals surface area contributed by atoms with Crippen molar-refractivity contribution in [3.63, 3.8) is 0 Å². The van der Waals surface area contributed by atoms with Crippen LogP contribution in [0.1, 0.15) is 27.8 Å². The molecule has 5 heteroatoms. The highest BCUT2D eigenvalue weighted by Crippen LogP contribution is 2.36. The van der Waals surface area contributed by atoms with Crippen molar-refractivity contribution in [3.8, 4) is 6.07 Å². The number of nitrogens with zero attached hydrogens (tertiary/aromatic N) is 3. The summed E-state index contributed by atoms with van der Waals surface area (Å²) in [6.07, 6.45) is 0.819. The molecule has 2 amide bonds. The van der Waals surface area contributed by atoms with Gasteiger partial charge in [-0.2, -0.15) is 5.26 Å². The maximum Gasteiger partial charge on any atom is 0.282 e. The molecule has 0 atom stereocenters. The number of rotatable bonds is 3. The Balaban J connectivity index is 1.60. The van der Waals surface area contributed by atoms with Crippen molar-refractivity contribution in [2.45, 2.75) is 19.9 Å². The molecule has 0 bridgehead atoms. The van der Waals surface area contributed by atoms with Gasteiger partial charge in [0.1, 0.15) is 5.70 Å². The fourth-order valence-electron chi connectivity index (χ4n) is 4.40. The SMILES string of the molecule is Cc1ccc(C2=C(N3CCc4ccccc4C3)C(=O)N(c3ccc(C#N)cc3)C2=O)cc1. The van der Waals surface area contributed by atoms with Crippen molar-refractivity contribution in [3.05, 3.63) is 106 Å². The molecule has 0 saturated carbocycles. The first-order chi connectivity index (χ1) is 15.6. The minimum Gasteiger partial charge on any atom is -0.362 e. The smallest absolute Gasteiger partial charge is 0.282 e. The zero-order chi connectivity index (χ0) is 22.2. The molecule has 0 saturated heterocycles. The highest BCUT2D eigenvalue weighted by Gasteiger charge is 2.43. The first-order valence-electron chi connectivity index (χ1n) is 10.6. The summed E-state index contributed by atoms with van der Waals surface area (Å²) >= 11 is 0. The number of benzene rings is 3. The van der Waals surface area contributed by atoms with Crippen molar-refractivity contribution in [1.29, 1.82) is 5.26 Å². The third-order valence-electron chi connectivity index (χ3n) is 6.10. The Morgan fingerprint density at radius 3 is 2.22 bits per heavy atom. The van der Waals surface area contributed by atoms with E-state index in [0.717, 1.165) is 17.5 Å². The number of nitriles is 1. The normalized spacial score (nSPS) is 15.8. The van der Waals surface area contributed by atoms with Crippen molar-refractivity contribution in [2.75, 3.05) is 11.4 Å². The minimum absolute atomic E-state index is 0.324. The standard InChI is InChI=1S/C27H21N3O2/c1-18-6-10-21(11-7-18)24-25(29-15-14-20-4-2-3-5-22(20)17-29)27(32)30(26(24)31)23-12-8-19(16-28)9-13-23/h2-13H,14-15,17H2,1H3. The van der Waals surface area contributed by atoms with Gasteiger partial charge in [0.25, 0.3) is 11.8 Å². The maximum absolute atomic E-state index is 13.7. The molecule has 0 fully saturated rings. The molecule has 5 nitrogen and oxygen atoms in total. The second-order valence-corrected chi connectivity index (χ2v) is 8.13. The fourth-order valence-corrected chi connectivity index (χ4v) is 4.40. The van der Waals surface area contributed by atoms with Gasteiger partial charge in [0.15, 0.2) is 0 Å². The van der Waals surface area contributed by atoms with Gasteiger partial charge in [0, 0.05) is 13.1 Å². The van der Waals surface area contributed by atoms with Crippen molar-refractivity contribution >= 4 is 23.1 Å². The summed E-state index contributed by atoms with van der Waals surface area (Å²) in [6, 6.07) is 24.5. The summed E-state index contributed by atoms with van der Waals surface area (Å²) in [6.45, 7) is 3.24. The molecule has 0 radical (unpaired) electrons. The highest BCUT2D eigenvalue weighted by atomic mass is 16.2. The zero-order valence-electron chi connectivity index (χ0n) is 17.7. The van der Waals surface area contributed by atoms with Crippen LogP contribution in [-0.2, 0) is 22.6 Å². The van der Waals surface area contributed by atoms with E-state index in [1.54, 1.807) is 24.3 Å². The van der Waals surface area contributed by atoms with Crippen LogP contribution in [0, 0.1) is 18.3 Å². The molecule has 0 aromatic heterocycles. The Morgan fingerprint density at radius 2 is 1.53 bits per heavy atom. The average Bonchev–Trinajstić information content (AvgIpc) is 3.09. The largest absolute Gasteiger partial charge is 0.362 e. The third-order valence-corrected chi connectivity index (χ3v) is 6.10. The Labute approximate surface area is 186 Å². The van der Waals surface area contributed by atoms with Gasteiger partial charge in [-0.15, -0.1) is 0 Å². The van der Waals surface area contributed by atoms with E-state index >= 15 is 0 Å². The predicted octanol–water partition coefficient (Wildman–Crippen LogP) is 4.21. The first kappa shape index (κ1) is 19.8. The van der Waals surface area contributed by atoms with Gasteiger partial charge < -0.3 is 4.90 Å². The summed E-state index contributed by atoms with van der Waals surface area (Å²) in [5.41, 5.74) is 6.09. The van der Waals surface area contributed by atoms with Gasteiger partial charge in [-0.3, -0.25) is 9.59 Å². The topological polar surface area (TPSA) is 64.4 Å². The molecule has 2 heterocycles. The van der Waals surface area contributed by atoms with Crippen LogP contribution in [0.5, 0.6) is 0 Å². The van der Waals surface area contributed by atoms with Crippen molar-refractivity contribution in [1.82, 2.24) is 4.90 Å². The number of carbonyl (C=O) groups excluding carboxylic acids is 2. The molecule has 5 rings (SSSR count).